The molecular weight excluding hydrogens is 325 g/mol. The fourth-order valence-electron chi connectivity index (χ4n) is 1.32. The van der Waals surface area contributed by atoms with E-state index in [4.69, 9.17) is 23.2 Å². The van der Waals surface area contributed by atoms with E-state index >= 15 is 0 Å². The van der Waals surface area contributed by atoms with Crippen LogP contribution < -0.4 is 5.32 Å². The molecule has 0 radical (unpaired) electrons. The number of carbonyl (C=O) groups is 1. The van der Waals surface area contributed by atoms with E-state index in [2.05, 4.69) is 28.2 Å². The van der Waals surface area contributed by atoms with Gasteiger partial charge in [-0.25, -0.2) is 0 Å². The van der Waals surface area contributed by atoms with Gasteiger partial charge in [0.15, 0.2) is 0 Å². The molecule has 1 aromatic rings. The Kier molecular flexibility index (Phi) is 6.31. The summed E-state index contributed by atoms with van der Waals surface area (Å²) < 4.78 is 0. The number of carbonyl (C=O) groups excluding carboxylic acids is 1. The fraction of sp³-hybridized carbons (Fsp3) is 0.417. The number of benzene rings is 1. The average molecular weight is 339 g/mol. The SMILES string of the molecule is CC(Br)CCCNC(=O)c1ccc(Cl)c(Cl)c1. The molecule has 1 atom stereocenters. The fourth-order valence-corrected chi connectivity index (χ4v) is 1.95. The highest BCUT2D eigenvalue weighted by molar-refractivity contribution is 9.09. The molecule has 0 bridgehead atoms. The number of alkyl halides is 1. The van der Waals surface area contributed by atoms with Crippen LogP contribution >= 0.6 is 39.1 Å². The minimum atomic E-state index is -0.120. The molecule has 5 heteroatoms. The Bertz CT molecular complexity index is 396. The van der Waals surface area contributed by atoms with Crippen molar-refractivity contribution in [2.45, 2.75) is 24.6 Å². The lowest BCUT2D eigenvalue weighted by Crippen LogP contribution is -2.24. The third kappa shape index (κ3) is 5.28. The van der Waals surface area contributed by atoms with Gasteiger partial charge in [0.2, 0.25) is 0 Å². The molecule has 17 heavy (non-hydrogen) atoms. The highest BCUT2D eigenvalue weighted by Crippen LogP contribution is 2.22. The summed E-state index contributed by atoms with van der Waals surface area (Å²) in [6.45, 7) is 2.75. The minimum absolute atomic E-state index is 0.120. The monoisotopic (exact) mass is 337 g/mol. The Hall–Kier alpha value is -0.250. The summed E-state index contributed by atoms with van der Waals surface area (Å²) in [5, 5.41) is 3.69. The number of rotatable bonds is 5. The normalized spacial score (nSPS) is 12.2. The summed E-state index contributed by atoms with van der Waals surface area (Å²) in [7, 11) is 0. The van der Waals surface area contributed by atoms with Gasteiger partial charge in [-0.1, -0.05) is 46.1 Å². The van der Waals surface area contributed by atoms with Gasteiger partial charge in [-0.15, -0.1) is 0 Å². The van der Waals surface area contributed by atoms with Gasteiger partial charge in [-0.2, -0.15) is 0 Å². The van der Waals surface area contributed by atoms with Crippen LogP contribution in [0.15, 0.2) is 18.2 Å². The highest BCUT2D eigenvalue weighted by Gasteiger charge is 2.07. The van der Waals surface area contributed by atoms with Crippen LogP contribution in [0.4, 0.5) is 0 Å². The zero-order valence-electron chi connectivity index (χ0n) is 9.47. The van der Waals surface area contributed by atoms with Crippen molar-refractivity contribution in [2.75, 3.05) is 6.54 Å². The molecule has 1 amide bonds. The van der Waals surface area contributed by atoms with Crippen LogP contribution in [0.3, 0.4) is 0 Å². The molecule has 1 unspecified atom stereocenters. The third-order valence-electron chi connectivity index (χ3n) is 2.25. The molecule has 1 aromatic carbocycles. The molecule has 2 nitrogen and oxygen atoms in total. The van der Waals surface area contributed by atoms with Crippen molar-refractivity contribution in [1.82, 2.24) is 5.32 Å². The van der Waals surface area contributed by atoms with Crippen LogP contribution in [-0.4, -0.2) is 17.3 Å². The van der Waals surface area contributed by atoms with Gasteiger partial charge in [0.25, 0.3) is 5.91 Å². The smallest absolute Gasteiger partial charge is 0.251 e. The first-order chi connectivity index (χ1) is 8.00. The van der Waals surface area contributed by atoms with Crippen molar-refractivity contribution in [3.05, 3.63) is 33.8 Å². The molecule has 0 saturated carbocycles. The molecule has 1 N–H and O–H groups in total. The maximum absolute atomic E-state index is 11.7. The summed E-state index contributed by atoms with van der Waals surface area (Å²) in [5.41, 5.74) is 0.534. The van der Waals surface area contributed by atoms with Crippen LogP contribution in [0.1, 0.15) is 30.1 Å². The first kappa shape index (κ1) is 14.8. The van der Waals surface area contributed by atoms with Crippen molar-refractivity contribution in [2.24, 2.45) is 0 Å². The molecule has 0 fully saturated rings. The Morgan fingerprint density at radius 1 is 1.41 bits per heavy atom. The quantitative estimate of drug-likeness (QED) is 0.629. The van der Waals surface area contributed by atoms with Gasteiger partial charge in [0, 0.05) is 16.9 Å². The molecular formula is C12H14BrCl2NO. The van der Waals surface area contributed by atoms with Gasteiger partial charge < -0.3 is 5.32 Å². The van der Waals surface area contributed by atoms with Crippen molar-refractivity contribution in [3.8, 4) is 0 Å². The van der Waals surface area contributed by atoms with E-state index < -0.39 is 0 Å². The molecule has 1 rings (SSSR count). The zero-order valence-corrected chi connectivity index (χ0v) is 12.6. The Morgan fingerprint density at radius 2 is 2.12 bits per heavy atom. The van der Waals surface area contributed by atoms with Gasteiger partial charge in [0.1, 0.15) is 0 Å². The van der Waals surface area contributed by atoms with Gasteiger partial charge in [-0.3, -0.25) is 4.79 Å². The molecule has 0 spiro atoms. The van der Waals surface area contributed by atoms with Crippen LogP contribution in [0.25, 0.3) is 0 Å². The van der Waals surface area contributed by atoms with E-state index in [0.29, 0.717) is 27.0 Å². The van der Waals surface area contributed by atoms with Gasteiger partial charge in [-0.05, 0) is 31.0 Å². The topological polar surface area (TPSA) is 29.1 Å². The lowest BCUT2D eigenvalue weighted by atomic mass is 10.2. The van der Waals surface area contributed by atoms with E-state index in [1.54, 1.807) is 18.2 Å². The number of halogens is 3. The summed E-state index contributed by atoms with van der Waals surface area (Å²) in [6.07, 6.45) is 1.97. The molecule has 0 saturated heterocycles. The van der Waals surface area contributed by atoms with E-state index in [9.17, 15) is 4.79 Å². The van der Waals surface area contributed by atoms with E-state index in [-0.39, 0.29) is 5.91 Å². The van der Waals surface area contributed by atoms with Crippen molar-refractivity contribution in [1.29, 1.82) is 0 Å². The maximum atomic E-state index is 11.7. The maximum Gasteiger partial charge on any atom is 0.251 e. The van der Waals surface area contributed by atoms with Gasteiger partial charge >= 0.3 is 0 Å². The van der Waals surface area contributed by atoms with Crippen LogP contribution in [0, 0.1) is 0 Å². The molecule has 94 valence electrons. The molecule has 0 aliphatic heterocycles. The number of hydrogen-bond donors (Lipinski definition) is 1. The van der Waals surface area contributed by atoms with E-state index in [1.807, 2.05) is 0 Å². The van der Waals surface area contributed by atoms with Crippen molar-refractivity contribution < 1.29 is 4.79 Å². The lowest BCUT2D eigenvalue weighted by Gasteiger charge is -2.07. The summed E-state index contributed by atoms with van der Waals surface area (Å²) in [6, 6.07) is 4.86. The summed E-state index contributed by atoms with van der Waals surface area (Å²) in [5.74, 6) is -0.120. The number of amides is 1. The second kappa shape index (κ2) is 7.24. The largest absolute Gasteiger partial charge is 0.352 e. The second-order valence-electron chi connectivity index (χ2n) is 3.81. The Morgan fingerprint density at radius 3 is 2.71 bits per heavy atom. The minimum Gasteiger partial charge on any atom is -0.352 e. The van der Waals surface area contributed by atoms with Crippen molar-refractivity contribution in [3.63, 3.8) is 0 Å². The Labute approximate surface area is 120 Å². The standard InChI is InChI=1S/C12H14BrCl2NO/c1-8(13)3-2-6-16-12(17)9-4-5-10(14)11(15)7-9/h4-5,7-8H,2-3,6H2,1H3,(H,16,17). The third-order valence-corrected chi connectivity index (χ3v) is 3.44. The average Bonchev–Trinajstić information content (AvgIpc) is 2.27. The molecule has 0 aliphatic rings. The first-order valence-corrected chi connectivity index (χ1v) is 7.05. The lowest BCUT2D eigenvalue weighted by molar-refractivity contribution is 0.0953. The Balaban J connectivity index is 2.44. The second-order valence-corrected chi connectivity index (χ2v) is 6.19. The highest BCUT2D eigenvalue weighted by atomic mass is 79.9. The van der Waals surface area contributed by atoms with Gasteiger partial charge in [0.05, 0.1) is 10.0 Å². The predicted octanol–water partition coefficient (Wildman–Crippen LogP) is 4.29. The predicted molar refractivity (Wildman–Crippen MR) is 76.4 cm³/mol. The summed E-state index contributed by atoms with van der Waals surface area (Å²) in [4.78, 5) is 12.2. The van der Waals surface area contributed by atoms with Crippen LogP contribution in [-0.2, 0) is 0 Å². The molecule has 0 aliphatic carbocycles. The first-order valence-electron chi connectivity index (χ1n) is 5.38. The summed E-state index contributed by atoms with van der Waals surface area (Å²) >= 11 is 15.1. The van der Waals surface area contributed by atoms with Crippen LogP contribution in [0.2, 0.25) is 10.0 Å². The molecule has 0 heterocycles. The zero-order chi connectivity index (χ0) is 12.8. The van der Waals surface area contributed by atoms with Crippen LogP contribution in [0.5, 0.6) is 0 Å². The van der Waals surface area contributed by atoms with E-state index in [1.165, 1.54) is 0 Å². The van der Waals surface area contributed by atoms with Crippen molar-refractivity contribution >= 4 is 45.0 Å². The number of nitrogens with one attached hydrogen (secondary N) is 1. The molecule has 0 aromatic heterocycles. The van der Waals surface area contributed by atoms with E-state index in [0.717, 1.165) is 12.8 Å². The number of hydrogen-bond acceptors (Lipinski definition) is 1.